The minimum atomic E-state index is -0.639. The van der Waals surface area contributed by atoms with E-state index in [1.807, 2.05) is 0 Å². The summed E-state index contributed by atoms with van der Waals surface area (Å²) in [5.41, 5.74) is 1.78. The van der Waals surface area contributed by atoms with Crippen LogP contribution < -0.4 is 10.6 Å². The summed E-state index contributed by atoms with van der Waals surface area (Å²) >= 11 is 5.03. The molecule has 2 aromatic carbocycles. The molecule has 2 rings (SSSR count). The van der Waals surface area contributed by atoms with Crippen molar-refractivity contribution >= 4 is 46.5 Å². The van der Waals surface area contributed by atoms with Gasteiger partial charge in [0.05, 0.1) is 10.6 Å². The molecule has 3 N–H and O–H groups in total. The second kappa shape index (κ2) is 8.86. The highest BCUT2D eigenvalue weighted by Crippen LogP contribution is 2.30. The molecule has 0 saturated heterocycles. The van der Waals surface area contributed by atoms with Crippen molar-refractivity contribution in [1.82, 2.24) is 5.32 Å². The third-order valence-electron chi connectivity index (χ3n) is 3.51. The summed E-state index contributed by atoms with van der Waals surface area (Å²) in [5.74, 6) is -0.606. The molecule has 8 nitrogen and oxygen atoms in total. The molecule has 0 aromatic heterocycles. The van der Waals surface area contributed by atoms with E-state index in [1.165, 1.54) is 12.3 Å². The predicted molar refractivity (Wildman–Crippen MR) is 108 cm³/mol. The number of aryl methyl sites for hydroxylation is 1. The van der Waals surface area contributed by atoms with Gasteiger partial charge in [-0.1, -0.05) is 6.92 Å². The first-order valence-electron chi connectivity index (χ1n) is 8.03. The molecule has 2 aromatic rings. The lowest BCUT2D eigenvalue weighted by atomic mass is 10.1. The second-order valence-electron chi connectivity index (χ2n) is 5.64. The van der Waals surface area contributed by atoms with Crippen LogP contribution >= 0.6 is 12.2 Å². The molecule has 0 aliphatic carbocycles. The molecule has 0 aliphatic heterocycles. The molecule has 140 valence electrons. The van der Waals surface area contributed by atoms with Crippen LogP contribution in [0.1, 0.15) is 24.5 Å². The first kappa shape index (κ1) is 20.0. The number of benzene rings is 2. The van der Waals surface area contributed by atoms with Gasteiger partial charge < -0.3 is 15.7 Å². The maximum atomic E-state index is 11.3. The number of carbonyl (C=O) groups is 1. The van der Waals surface area contributed by atoms with Crippen molar-refractivity contribution in [1.29, 1.82) is 0 Å². The number of hydrogen-bond acceptors (Lipinski definition) is 6. The first-order chi connectivity index (χ1) is 12.8. The zero-order valence-electron chi connectivity index (χ0n) is 14.7. The SMILES string of the molecule is CCC(=O)NC(=S)Nc1ccc(N=Cc2cc(C)cc([N+](=O)[O-])c2O)cc1. The van der Waals surface area contributed by atoms with Gasteiger partial charge in [-0.25, -0.2) is 0 Å². The maximum absolute atomic E-state index is 11.3. The number of hydrogen-bond donors (Lipinski definition) is 3. The molecule has 1 amide bonds. The number of amides is 1. The number of carbonyl (C=O) groups excluding carboxylic acids is 1. The van der Waals surface area contributed by atoms with Gasteiger partial charge in [0.2, 0.25) is 11.7 Å². The van der Waals surface area contributed by atoms with E-state index >= 15 is 0 Å². The van der Waals surface area contributed by atoms with Crippen molar-refractivity contribution in [3.8, 4) is 5.75 Å². The molecule has 0 atom stereocenters. The van der Waals surface area contributed by atoms with E-state index in [4.69, 9.17) is 12.2 Å². The van der Waals surface area contributed by atoms with Gasteiger partial charge in [0, 0.05) is 30.0 Å². The van der Waals surface area contributed by atoms with Crippen LogP contribution in [0.15, 0.2) is 41.4 Å². The number of nitro groups is 1. The molecule has 0 heterocycles. The Morgan fingerprint density at radius 2 is 2.00 bits per heavy atom. The third kappa shape index (κ3) is 5.58. The molecule has 0 saturated carbocycles. The lowest BCUT2D eigenvalue weighted by Gasteiger charge is -2.08. The zero-order chi connectivity index (χ0) is 20.0. The largest absolute Gasteiger partial charge is 0.502 e. The van der Waals surface area contributed by atoms with Crippen LogP contribution in [0.5, 0.6) is 5.75 Å². The number of phenolic OH excluding ortho intramolecular Hbond substituents is 1. The lowest BCUT2D eigenvalue weighted by Crippen LogP contribution is -2.33. The molecular formula is C18H18N4O4S. The van der Waals surface area contributed by atoms with Crippen molar-refractivity contribution < 1.29 is 14.8 Å². The number of aliphatic imine (C=N–C) groups is 1. The number of nitrogens with one attached hydrogen (secondary N) is 2. The van der Waals surface area contributed by atoms with E-state index < -0.39 is 10.7 Å². The smallest absolute Gasteiger partial charge is 0.311 e. The fraction of sp³-hybridized carbons (Fsp3) is 0.167. The molecule has 27 heavy (non-hydrogen) atoms. The van der Waals surface area contributed by atoms with Crippen LogP contribution in [-0.2, 0) is 4.79 Å². The second-order valence-corrected chi connectivity index (χ2v) is 6.05. The summed E-state index contributed by atoms with van der Waals surface area (Å²) in [5, 5.41) is 26.6. The highest BCUT2D eigenvalue weighted by molar-refractivity contribution is 7.80. The lowest BCUT2D eigenvalue weighted by molar-refractivity contribution is -0.385. The zero-order valence-corrected chi connectivity index (χ0v) is 15.5. The average Bonchev–Trinajstić information content (AvgIpc) is 2.62. The molecule has 0 fully saturated rings. The van der Waals surface area contributed by atoms with Crippen molar-refractivity contribution in [3.63, 3.8) is 0 Å². The normalized spacial score (nSPS) is 10.6. The van der Waals surface area contributed by atoms with Gasteiger partial charge in [-0.15, -0.1) is 0 Å². The summed E-state index contributed by atoms with van der Waals surface area (Å²) in [6, 6.07) is 9.74. The Labute approximate surface area is 161 Å². The fourth-order valence-electron chi connectivity index (χ4n) is 2.18. The van der Waals surface area contributed by atoms with Crippen LogP contribution in [0.3, 0.4) is 0 Å². The van der Waals surface area contributed by atoms with Crippen LogP contribution in [0.4, 0.5) is 17.1 Å². The number of thiocarbonyl (C=S) groups is 1. The number of rotatable bonds is 5. The minimum absolute atomic E-state index is 0.180. The molecule has 0 unspecified atom stereocenters. The van der Waals surface area contributed by atoms with E-state index in [0.29, 0.717) is 23.4 Å². The van der Waals surface area contributed by atoms with Crippen molar-refractivity contribution in [2.75, 3.05) is 5.32 Å². The van der Waals surface area contributed by atoms with Gasteiger partial charge in [-0.3, -0.25) is 19.9 Å². The van der Waals surface area contributed by atoms with Gasteiger partial charge in [-0.05, 0) is 55.0 Å². The number of phenols is 1. The van der Waals surface area contributed by atoms with E-state index in [-0.39, 0.29) is 22.3 Å². The van der Waals surface area contributed by atoms with Crippen molar-refractivity contribution in [2.45, 2.75) is 20.3 Å². The van der Waals surface area contributed by atoms with Gasteiger partial charge in [0.1, 0.15) is 0 Å². The number of nitrogens with zero attached hydrogens (tertiary/aromatic N) is 2. The Balaban J connectivity index is 2.12. The Hall–Kier alpha value is -3.33. The predicted octanol–water partition coefficient (Wildman–Crippen LogP) is 3.58. The first-order valence-corrected chi connectivity index (χ1v) is 8.44. The summed E-state index contributed by atoms with van der Waals surface area (Å²) in [7, 11) is 0. The summed E-state index contributed by atoms with van der Waals surface area (Å²) in [6.45, 7) is 3.43. The molecular weight excluding hydrogens is 368 g/mol. The minimum Gasteiger partial charge on any atom is -0.502 e. The van der Waals surface area contributed by atoms with Crippen LogP contribution in [0, 0.1) is 17.0 Å². The fourth-order valence-corrected chi connectivity index (χ4v) is 2.41. The van der Waals surface area contributed by atoms with Gasteiger partial charge in [0.25, 0.3) is 0 Å². The molecule has 0 spiro atoms. The highest BCUT2D eigenvalue weighted by atomic mass is 32.1. The molecule has 0 bridgehead atoms. The third-order valence-corrected chi connectivity index (χ3v) is 3.72. The standard InChI is InChI=1S/C18H18N4O4S/c1-3-16(23)21-18(27)20-14-6-4-13(5-7-14)19-10-12-8-11(2)9-15(17(12)24)22(25)26/h4-10,24H,3H2,1-2H3,(H2,20,21,23,27). The van der Waals surface area contributed by atoms with Crippen LogP contribution in [0.25, 0.3) is 0 Å². The van der Waals surface area contributed by atoms with E-state index in [1.54, 1.807) is 44.2 Å². The Kier molecular flexibility index (Phi) is 6.56. The topological polar surface area (TPSA) is 117 Å². The molecule has 9 heteroatoms. The molecule has 0 radical (unpaired) electrons. The van der Waals surface area contributed by atoms with Gasteiger partial charge >= 0.3 is 5.69 Å². The van der Waals surface area contributed by atoms with Crippen molar-refractivity contribution in [3.05, 3.63) is 57.6 Å². The van der Waals surface area contributed by atoms with Crippen LogP contribution in [-0.4, -0.2) is 27.3 Å². The summed E-state index contributed by atoms with van der Waals surface area (Å²) < 4.78 is 0. The quantitative estimate of drug-likeness (QED) is 0.313. The van der Waals surface area contributed by atoms with E-state index in [9.17, 15) is 20.0 Å². The molecule has 0 aliphatic rings. The van der Waals surface area contributed by atoms with Gasteiger partial charge in [-0.2, -0.15) is 0 Å². The Morgan fingerprint density at radius 3 is 2.59 bits per heavy atom. The summed E-state index contributed by atoms with van der Waals surface area (Å²) in [6.07, 6.45) is 1.70. The number of nitro benzene ring substituents is 1. The Bertz CT molecular complexity index is 910. The Morgan fingerprint density at radius 1 is 1.33 bits per heavy atom. The summed E-state index contributed by atoms with van der Waals surface area (Å²) in [4.78, 5) is 25.8. The van der Waals surface area contributed by atoms with E-state index in [2.05, 4.69) is 15.6 Å². The average molecular weight is 386 g/mol. The van der Waals surface area contributed by atoms with Crippen LogP contribution in [0.2, 0.25) is 0 Å². The van der Waals surface area contributed by atoms with Crippen molar-refractivity contribution in [2.24, 2.45) is 4.99 Å². The monoisotopic (exact) mass is 386 g/mol. The highest BCUT2D eigenvalue weighted by Gasteiger charge is 2.16. The number of aromatic hydroxyl groups is 1. The number of anilines is 1. The maximum Gasteiger partial charge on any atom is 0.311 e. The van der Waals surface area contributed by atoms with Gasteiger partial charge in [0.15, 0.2) is 5.11 Å². The van der Waals surface area contributed by atoms with E-state index in [0.717, 1.165) is 0 Å².